The van der Waals surface area contributed by atoms with Crippen molar-refractivity contribution in [2.45, 2.75) is 31.2 Å². The van der Waals surface area contributed by atoms with Gasteiger partial charge in [-0.05, 0) is 75.5 Å². The highest BCUT2D eigenvalue weighted by Crippen LogP contribution is 2.44. The minimum atomic E-state index is -3.35. The second kappa shape index (κ2) is 16.6. The molecule has 0 atom stereocenters. The Labute approximate surface area is 314 Å². The molecule has 0 radical (unpaired) electrons. The molecule has 4 aromatic carbocycles. The molecular weight excluding hydrogens is 702 g/mol. The fourth-order valence-electron chi connectivity index (χ4n) is 6.92. The molecule has 1 saturated heterocycles. The van der Waals surface area contributed by atoms with Gasteiger partial charge in [-0.25, -0.2) is 8.78 Å². The van der Waals surface area contributed by atoms with Crippen LogP contribution in [0.15, 0.2) is 97.1 Å². The van der Waals surface area contributed by atoms with E-state index in [2.05, 4.69) is 10.2 Å². The fourth-order valence-corrected chi connectivity index (χ4v) is 6.92. The van der Waals surface area contributed by atoms with E-state index in [9.17, 15) is 14.4 Å². The van der Waals surface area contributed by atoms with Crippen LogP contribution in [0.4, 0.5) is 20.2 Å². The van der Waals surface area contributed by atoms with E-state index in [1.165, 1.54) is 11.0 Å². The maximum absolute atomic E-state index is 15.8. The molecule has 0 unspecified atom stereocenters. The molecule has 1 fully saturated rings. The molecule has 12 heteroatoms. The van der Waals surface area contributed by atoms with Crippen molar-refractivity contribution in [3.63, 3.8) is 0 Å². The number of benzene rings is 4. The van der Waals surface area contributed by atoms with Crippen molar-refractivity contribution < 1.29 is 32.6 Å². The van der Waals surface area contributed by atoms with Gasteiger partial charge in [0.1, 0.15) is 11.5 Å². The van der Waals surface area contributed by atoms with Crippen LogP contribution in [0.3, 0.4) is 0 Å². The summed E-state index contributed by atoms with van der Waals surface area (Å²) in [7, 11) is 7.09. The third kappa shape index (κ3) is 8.21. The Bertz CT molecular complexity index is 1970. The van der Waals surface area contributed by atoms with Crippen LogP contribution in [0.25, 0.3) is 16.7 Å². The number of fused-ring (bicyclic) bond motifs is 1. The molecule has 9 nitrogen and oxygen atoms in total. The van der Waals surface area contributed by atoms with Crippen LogP contribution in [0.5, 0.6) is 11.5 Å². The van der Waals surface area contributed by atoms with E-state index >= 15 is 8.78 Å². The van der Waals surface area contributed by atoms with Gasteiger partial charge in [0.05, 0.1) is 25.5 Å². The molecule has 3 amide bonds. The van der Waals surface area contributed by atoms with Crippen molar-refractivity contribution in [1.29, 1.82) is 0 Å². The first-order valence-corrected chi connectivity index (χ1v) is 17.2. The van der Waals surface area contributed by atoms with E-state index in [0.29, 0.717) is 58.7 Å². The fraction of sp³-hybridized carbons (Fsp3) is 0.293. The number of carbonyl (C=O) groups is 3. The minimum Gasteiger partial charge on any atom is -0.496 e. The molecule has 2 aliphatic heterocycles. The number of allylic oxidation sites excluding steroid dienone is 1. The number of piperidine rings is 1. The van der Waals surface area contributed by atoms with Gasteiger partial charge >= 0.3 is 0 Å². The highest BCUT2D eigenvalue weighted by Gasteiger charge is 2.42. The number of nitrogens with zero attached hydrogens (tertiary/aromatic N) is 3. The zero-order chi connectivity index (χ0) is 37.0. The van der Waals surface area contributed by atoms with Crippen molar-refractivity contribution in [1.82, 2.24) is 9.80 Å². The summed E-state index contributed by atoms with van der Waals surface area (Å²) in [6.45, 7) is 0.718. The summed E-state index contributed by atoms with van der Waals surface area (Å²) in [5.74, 6) is -3.57. The number of alkyl halides is 2. The predicted molar refractivity (Wildman–Crippen MR) is 206 cm³/mol. The minimum absolute atomic E-state index is 0. The van der Waals surface area contributed by atoms with Gasteiger partial charge in [-0.1, -0.05) is 42.5 Å². The Morgan fingerprint density at radius 2 is 1.42 bits per heavy atom. The molecule has 278 valence electrons. The average molecular weight is 745 g/mol. The van der Waals surface area contributed by atoms with Crippen LogP contribution in [-0.2, 0) is 4.79 Å². The lowest BCUT2D eigenvalue weighted by atomic mass is 9.96. The molecule has 53 heavy (non-hydrogen) atoms. The summed E-state index contributed by atoms with van der Waals surface area (Å²) in [5, 5.41) is 2.89. The summed E-state index contributed by atoms with van der Waals surface area (Å²) in [4.78, 5) is 45.9. The summed E-state index contributed by atoms with van der Waals surface area (Å²) < 4.78 is 42.8. The number of amides is 3. The SMILES string of the molecule is COc1cccc(OC)c1-c1ccccc1C(=O)Nc1ccc(C(=O)N2CCC(F)(F)C(=CC(=O)N3CCC(N(C)C)CC3)c3ccccc32)cc1.Cl. The van der Waals surface area contributed by atoms with Crippen molar-refractivity contribution in [2.24, 2.45) is 0 Å². The number of para-hydroxylation sites is 1. The van der Waals surface area contributed by atoms with E-state index in [4.69, 9.17) is 9.47 Å². The van der Waals surface area contributed by atoms with Gasteiger partial charge in [0.15, 0.2) is 0 Å². The van der Waals surface area contributed by atoms with Crippen molar-refractivity contribution in [3.05, 3.63) is 114 Å². The average Bonchev–Trinajstić information content (AvgIpc) is 3.27. The number of hydrogen-bond acceptors (Lipinski definition) is 6. The van der Waals surface area contributed by atoms with E-state index in [1.807, 2.05) is 26.2 Å². The van der Waals surface area contributed by atoms with Gasteiger partial charge in [0.2, 0.25) is 5.91 Å². The number of hydrogen-bond donors (Lipinski definition) is 1. The van der Waals surface area contributed by atoms with E-state index in [0.717, 1.165) is 18.9 Å². The number of rotatable bonds is 8. The maximum Gasteiger partial charge on any atom is 0.275 e. The molecule has 0 saturated carbocycles. The summed E-state index contributed by atoms with van der Waals surface area (Å²) in [6.07, 6.45) is 1.94. The van der Waals surface area contributed by atoms with Crippen LogP contribution in [-0.4, -0.2) is 87.4 Å². The van der Waals surface area contributed by atoms with Crippen LogP contribution in [0, 0.1) is 0 Å². The maximum atomic E-state index is 15.8. The molecular formula is C41H43ClF2N4O5. The van der Waals surface area contributed by atoms with Crippen molar-refractivity contribution in [2.75, 3.05) is 58.2 Å². The van der Waals surface area contributed by atoms with Crippen LogP contribution in [0.1, 0.15) is 45.5 Å². The van der Waals surface area contributed by atoms with Gasteiger partial charge in [-0.15, -0.1) is 12.4 Å². The summed E-state index contributed by atoms with van der Waals surface area (Å²) >= 11 is 0. The molecule has 0 aliphatic carbocycles. The number of ether oxygens (including phenoxy) is 2. The van der Waals surface area contributed by atoms with Gasteiger partial charge in [-0.3, -0.25) is 14.4 Å². The number of nitrogens with one attached hydrogen (secondary N) is 1. The third-order valence-corrected chi connectivity index (χ3v) is 9.81. The van der Waals surface area contributed by atoms with E-state index < -0.39 is 24.2 Å². The molecule has 0 spiro atoms. The zero-order valence-corrected chi connectivity index (χ0v) is 30.9. The van der Waals surface area contributed by atoms with E-state index in [-0.39, 0.29) is 41.6 Å². The largest absolute Gasteiger partial charge is 0.496 e. The number of anilines is 2. The Balaban J connectivity index is 0.00000541. The topological polar surface area (TPSA) is 91.4 Å². The Morgan fingerprint density at radius 3 is 2.04 bits per heavy atom. The third-order valence-electron chi connectivity index (χ3n) is 9.81. The second-order valence-electron chi connectivity index (χ2n) is 13.1. The van der Waals surface area contributed by atoms with Crippen molar-refractivity contribution in [3.8, 4) is 22.6 Å². The lowest BCUT2D eigenvalue weighted by Crippen LogP contribution is -2.44. The van der Waals surface area contributed by atoms with Crippen LogP contribution in [0.2, 0.25) is 0 Å². The molecule has 6 rings (SSSR count). The number of halogens is 3. The predicted octanol–water partition coefficient (Wildman–Crippen LogP) is 7.67. The normalized spacial score (nSPS) is 16.3. The molecule has 2 heterocycles. The Hall–Kier alpha value is -5.26. The second-order valence-corrected chi connectivity index (χ2v) is 13.1. The monoisotopic (exact) mass is 744 g/mol. The van der Waals surface area contributed by atoms with Crippen LogP contribution < -0.4 is 19.7 Å². The quantitative estimate of drug-likeness (QED) is 0.186. The number of likely N-dealkylation sites (tertiary alicyclic amines) is 1. The van der Waals surface area contributed by atoms with Gasteiger partial charge in [0.25, 0.3) is 17.7 Å². The first kappa shape index (κ1) is 39.0. The smallest absolute Gasteiger partial charge is 0.275 e. The van der Waals surface area contributed by atoms with Gasteiger partial charge < -0.3 is 29.5 Å². The lowest BCUT2D eigenvalue weighted by molar-refractivity contribution is -0.127. The molecule has 1 N–H and O–H groups in total. The summed E-state index contributed by atoms with van der Waals surface area (Å²) in [5.41, 5.74) is 2.37. The standard InChI is InChI=1S/C41H42F2N4O5.ClH/c1-45(2)29-20-23-46(24-21-29)37(48)26-33-32-12-7-8-13-34(32)47(25-22-41(33,42)43)40(50)27-16-18-28(19-17-27)44-39(49)31-11-6-5-10-30(31)38-35(51-3)14-9-15-36(38)52-4;/h5-19,26,29H,20-25H2,1-4H3,(H,44,49);1H. The van der Waals surface area contributed by atoms with Crippen LogP contribution >= 0.6 is 12.4 Å². The Morgan fingerprint density at radius 1 is 0.811 bits per heavy atom. The molecule has 4 aromatic rings. The highest BCUT2D eigenvalue weighted by atomic mass is 35.5. The number of carbonyl (C=O) groups excluding carboxylic acids is 3. The van der Waals surface area contributed by atoms with E-state index in [1.54, 1.807) is 91.9 Å². The number of methoxy groups -OCH3 is 2. The molecule has 2 aliphatic rings. The zero-order valence-electron chi connectivity index (χ0n) is 30.1. The van der Waals surface area contributed by atoms with Crippen molar-refractivity contribution >= 4 is 47.1 Å². The molecule has 0 bridgehead atoms. The summed E-state index contributed by atoms with van der Waals surface area (Å²) in [6, 6.07) is 25.6. The van der Waals surface area contributed by atoms with Gasteiger partial charge in [-0.2, -0.15) is 0 Å². The highest BCUT2D eigenvalue weighted by molar-refractivity contribution is 6.11. The lowest BCUT2D eigenvalue weighted by Gasteiger charge is -2.35. The first-order valence-electron chi connectivity index (χ1n) is 17.2. The van der Waals surface area contributed by atoms with Gasteiger partial charge in [0, 0.05) is 71.7 Å². The Kier molecular flexibility index (Phi) is 12.2. The molecule has 0 aromatic heterocycles. The first-order chi connectivity index (χ1) is 25.0.